The summed E-state index contributed by atoms with van der Waals surface area (Å²) in [6.45, 7) is 0. The van der Waals surface area contributed by atoms with Gasteiger partial charge in [-0.1, -0.05) is 30.3 Å². The van der Waals surface area contributed by atoms with Crippen LogP contribution in [0.1, 0.15) is 17.2 Å². The summed E-state index contributed by atoms with van der Waals surface area (Å²) in [7, 11) is 0. The molecule has 0 saturated heterocycles. The monoisotopic (exact) mass is 234 g/mol. The Morgan fingerprint density at radius 2 is 2.06 bits per heavy atom. The van der Waals surface area contributed by atoms with Gasteiger partial charge in [-0.25, -0.2) is 9.97 Å². The highest BCUT2D eigenvalue weighted by Gasteiger charge is 2.31. The normalized spacial score (nSPS) is 19.1. The lowest BCUT2D eigenvalue weighted by Crippen LogP contribution is -2.14. The zero-order valence-corrected chi connectivity index (χ0v) is 9.58. The first-order valence-electron chi connectivity index (χ1n) is 5.87. The zero-order chi connectivity index (χ0) is 11.9. The summed E-state index contributed by atoms with van der Waals surface area (Å²) in [4.78, 5) is 8.55. The SMILES string of the molecule is C1=COC2C(=C1)c1cncnc1-c1ccccc12. The molecule has 1 atom stereocenters. The van der Waals surface area contributed by atoms with Crippen LogP contribution < -0.4 is 0 Å². The molecule has 0 bridgehead atoms. The van der Waals surface area contributed by atoms with E-state index in [0.29, 0.717) is 0 Å². The number of ether oxygens (including phenoxy) is 1. The highest BCUT2D eigenvalue weighted by atomic mass is 16.5. The van der Waals surface area contributed by atoms with Gasteiger partial charge >= 0.3 is 0 Å². The molecule has 1 aromatic heterocycles. The van der Waals surface area contributed by atoms with Crippen molar-refractivity contribution < 1.29 is 4.74 Å². The van der Waals surface area contributed by atoms with Crippen LogP contribution in [0.2, 0.25) is 0 Å². The Hall–Kier alpha value is -2.42. The van der Waals surface area contributed by atoms with Crippen LogP contribution in [0.4, 0.5) is 0 Å². The van der Waals surface area contributed by atoms with Crippen molar-refractivity contribution in [1.29, 1.82) is 0 Å². The minimum absolute atomic E-state index is 0.0373. The summed E-state index contributed by atoms with van der Waals surface area (Å²) >= 11 is 0. The molecule has 0 N–H and O–H groups in total. The number of aromatic nitrogens is 2. The molecule has 1 unspecified atom stereocenters. The molecular formula is C15H10N2O. The summed E-state index contributed by atoms with van der Waals surface area (Å²) < 4.78 is 5.76. The van der Waals surface area contributed by atoms with Gasteiger partial charge in [0.05, 0.1) is 12.0 Å². The second-order valence-corrected chi connectivity index (χ2v) is 4.34. The van der Waals surface area contributed by atoms with Crippen molar-refractivity contribution >= 4 is 5.57 Å². The Morgan fingerprint density at radius 1 is 1.11 bits per heavy atom. The van der Waals surface area contributed by atoms with Crippen LogP contribution in [0.25, 0.3) is 16.8 Å². The lowest BCUT2D eigenvalue weighted by atomic mass is 9.83. The molecule has 1 aliphatic carbocycles. The summed E-state index contributed by atoms with van der Waals surface area (Å²) in [6.07, 6.45) is 9.14. The Labute approximate surface area is 104 Å². The Kier molecular flexibility index (Phi) is 1.88. The quantitative estimate of drug-likeness (QED) is 0.702. The highest BCUT2D eigenvalue weighted by molar-refractivity contribution is 5.88. The second-order valence-electron chi connectivity index (χ2n) is 4.34. The summed E-state index contributed by atoms with van der Waals surface area (Å²) in [5.41, 5.74) is 5.48. The molecule has 3 heteroatoms. The molecule has 0 saturated carbocycles. The molecule has 1 aliphatic heterocycles. The van der Waals surface area contributed by atoms with Gasteiger partial charge in [-0.05, 0) is 6.08 Å². The van der Waals surface area contributed by atoms with E-state index < -0.39 is 0 Å². The van der Waals surface area contributed by atoms with Gasteiger partial charge in [0.1, 0.15) is 12.4 Å². The van der Waals surface area contributed by atoms with Crippen molar-refractivity contribution in [2.45, 2.75) is 6.10 Å². The van der Waals surface area contributed by atoms with Gasteiger partial charge in [0.2, 0.25) is 0 Å². The van der Waals surface area contributed by atoms with Crippen LogP contribution in [-0.2, 0) is 4.74 Å². The third-order valence-corrected chi connectivity index (χ3v) is 3.37. The van der Waals surface area contributed by atoms with E-state index in [1.165, 1.54) is 5.56 Å². The Balaban J connectivity index is 2.09. The first kappa shape index (κ1) is 9.59. The van der Waals surface area contributed by atoms with Crippen molar-refractivity contribution in [3.63, 3.8) is 0 Å². The van der Waals surface area contributed by atoms with Crippen molar-refractivity contribution in [3.05, 3.63) is 66.3 Å². The third-order valence-electron chi connectivity index (χ3n) is 3.37. The molecule has 1 aromatic carbocycles. The lowest BCUT2D eigenvalue weighted by Gasteiger charge is -2.30. The van der Waals surface area contributed by atoms with Gasteiger partial charge < -0.3 is 4.74 Å². The minimum Gasteiger partial charge on any atom is -0.489 e. The van der Waals surface area contributed by atoms with E-state index in [9.17, 15) is 0 Å². The fraction of sp³-hybridized carbons (Fsp3) is 0.0667. The van der Waals surface area contributed by atoms with Crippen molar-refractivity contribution in [2.75, 3.05) is 0 Å². The van der Waals surface area contributed by atoms with Gasteiger partial charge in [0, 0.05) is 28.5 Å². The zero-order valence-electron chi connectivity index (χ0n) is 9.58. The predicted octanol–water partition coefficient (Wildman–Crippen LogP) is 3.13. The summed E-state index contributed by atoms with van der Waals surface area (Å²) in [6, 6.07) is 8.24. The maximum absolute atomic E-state index is 5.76. The van der Waals surface area contributed by atoms with E-state index in [4.69, 9.17) is 4.74 Å². The van der Waals surface area contributed by atoms with Crippen LogP contribution in [0.15, 0.2) is 55.2 Å². The van der Waals surface area contributed by atoms with E-state index >= 15 is 0 Å². The largest absolute Gasteiger partial charge is 0.489 e. The molecule has 2 aliphatic rings. The molecule has 3 nitrogen and oxygen atoms in total. The number of fused-ring (bicyclic) bond motifs is 6. The Bertz CT molecular complexity index is 688. The molecule has 4 rings (SSSR count). The first-order chi connectivity index (χ1) is 8.95. The van der Waals surface area contributed by atoms with Gasteiger partial charge in [-0.15, -0.1) is 0 Å². The van der Waals surface area contributed by atoms with E-state index in [1.807, 2.05) is 24.4 Å². The van der Waals surface area contributed by atoms with Crippen LogP contribution in [-0.4, -0.2) is 9.97 Å². The number of nitrogens with zero attached hydrogens (tertiary/aromatic N) is 2. The molecule has 86 valence electrons. The number of hydrogen-bond acceptors (Lipinski definition) is 3. The molecule has 0 amide bonds. The predicted molar refractivity (Wildman–Crippen MR) is 68.4 cm³/mol. The standard InChI is InChI=1S/C15H10N2O/c1-2-5-11-10(4-1)14-13(8-16-9-17-14)12-6-3-7-18-15(11)12/h1-9,15H. The molecular weight excluding hydrogens is 224 g/mol. The van der Waals surface area contributed by atoms with E-state index in [2.05, 4.69) is 28.2 Å². The van der Waals surface area contributed by atoms with Gasteiger partial charge in [0.25, 0.3) is 0 Å². The number of hydrogen-bond donors (Lipinski definition) is 0. The van der Waals surface area contributed by atoms with Crippen LogP contribution in [0.3, 0.4) is 0 Å². The van der Waals surface area contributed by atoms with Crippen LogP contribution >= 0.6 is 0 Å². The average Bonchev–Trinajstić information content (AvgIpc) is 2.48. The van der Waals surface area contributed by atoms with Gasteiger partial charge in [-0.2, -0.15) is 0 Å². The first-order valence-corrected chi connectivity index (χ1v) is 5.87. The molecule has 0 spiro atoms. The number of rotatable bonds is 0. The maximum Gasteiger partial charge on any atom is 0.149 e. The van der Waals surface area contributed by atoms with Gasteiger partial charge in [0.15, 0.2) is 0 Å². The van der Waals surface area contributed by atoms with Gasteiger partial charge in [-0.3, -0.25) is 0 Å². The average molecular weight is 234 g/mol. The summed E-state index contributed by atoms with van der Waals surface area (Å²) in [5.74, 6) is 0. The van der Waals surface area contributed by atoms with Crippen molar-refractivity contribution in [3.8, 4) is 11.3 Å². The third kappa shape index (κ3) is 1.19. The van der Waals surface area contributed by atoms with Crippen LogP contribution in [0.5, 0.6) is 0 Å². The van der Waals surface area contributed by atoms with Crippen molar-refractivity contribution in [2.24, 2.45) is 0 Å². The number of allylic oxidation sites excluding steroid dienone is 2. The second kappa shape index (κ2) is 3.53. The Morgan fingerprint density at radius 3 is 3.06 bits per heavy atom. The minimum atomic E-state index is -0.0373. The molecule has 0 radical (unpaired) electrons. The molecule has 0 fully saturated rings. The van der Waals surface area contributed by atoms with E-state index in [0.717, 1.165) is 22.4 Å². The molecule has 2 aromatic rings. The smallest absolute Gasteiger partial charge is 0.149 e. The molecule has 2 heterocycles. The van der Waals surface area contributed by atoms with Crippen molar-refractivity contribution in [1.82, 2.24) is 9.97 Å². The topological polar surface area (TPSA) is 35.0 Å². The number of benzene rings is 1. The lowest BCUT2D eigenvalue weighted by molar-refractivity contribution is 0.194. The van der Waals surface area contributed by atoms with Crippen LogP contribution in [0, 0.1) is 0 Å². The highest BCUT2D eigenvalue weighted by Crippen LogP contribution is 2.46. The molecule has 18 heavy (non-hydrogen) atoms. The van der Waals surface area contributed by atoms with E-state index in [1.54, 1.807) is 12.6 Å². The summed E-state index contributed by atoms with van der Waals surface area (Å²) in [5, 5.41) is 0. The fourth-order valence-corrected chi connectivity index (χ4v) is 2.60. The van der Waals surface area contributed by atoms with E-state index in [-0.39, 0.29) is 6.10 Å². The fourth-order valence-electron chi connectivity index (χ4n) is 2.60. The maximum atomic E-state index is 5.76.